The summed E-state index contributed by atoms with van der Waals surface area (Å²) in [6.07, 6.45) is 1.17. The third-order valence-electron chi connectivity index (χ3n) is 2.00. The number of carbonyl (C=O) groups is 1. The zero-order valence-corrected chi connectivity index (χ0v) is 9.24. The van der Waals surface area contributed by atoms with E-state index in [0.29, 0.717) is 22.9 Å². The maximum absolute atomic E-state index is 11.2. The summed E-state index contributed by atoms with van der Waals surface area (Å²) in [5, 5.41) is 2.59. The molecule has 1 aromatic rings. The molecule has 0 fully saturated rings. The molecule has 0 aliphatic carbocycles. The van der Waals surface area contributed by atoms with Crippen LogP contribution in [0.15, 0.2) is 24.8 Å². The first-order valence-corrected chi connectivity index (χ1v) is 4.57. The minimum absolute atomic E-state index is 0.331. The molecule has 5 heteroatoms. The third kappa shape index (κ3) is 2.44. The van der Waals surface area contributed by atoms with Crippen molar-refractivity contribution in [3.8, 4) is 11.5 Å². The zero-order chi connectivity index (χ0) is 12.1. The van der Waals surface area contributed by atoms with E-state index in [1.807, 2.05) is 0 Å². The van der Waals surface area contributed by atoms with Crippen molar-refractivity contribution in [1.82, 2.24) is 0 Å². The molecule has 16 heavy (non-hydrogen) atoms. The van der Waals surface area contributed by atoms with Crippen LogP contribution in [0.4, 0.5) is 11.4 Å². The van der Waals surface area contributed by atoms with Gasteiger partial charge in [0.1, 0.15) is 11.5 Å². The maximum Gasteiger partial charge on any atom is 0.247 e. The lowest BCUT2D eigenvalue weighted by atomic mass is 10.2. The minimum atomic E-state index is -0.331. The number of hydrogen-bond acceptors (Lipinski definition) is 4. The number of carbonyl (C=O) groups excluding carboxylic acids is 1. The van der Waals surface area contributed by atoms with Crippen LogP contribution in [0, 0.1) is 0 Å². The van der Waals surface area contributed by atoms with E-state index in [0.717, 1.165) is 0 Å². The van der Waals surface area contributed by atoms with E-state index in [2.05, 4.69) is 11.9 Å². The van der Waals surface area contributed by atoms with Crippen LogP contribution in [0.1, 0.15) is 0 Å². The number of methoxy groups -OCH3 is 2. The molecule has 0 bridgehead atoms. The van der Waals surface area contributed by atoms with Gasteiger partial charge < -0.3 is 20.5 Å². The molecule has 0 aliphatic rings. The summed E-state index contributed by atoms with van der Waals surface area (Å²) in [7, 11) is 3.00. The highest BCUT2D eigenvalue weighted by atomic mass is 16.5. The van der Waals surface area contributed by atoms with Gasteiger partial charge in [0, 0.05) is 6.07 Å². The van der Waals surface area contributed by atoms with Crippen LogP contribution in [0.3, 0.4) is 0 Å². The quantitative estimate of drug-likeness (QED) is 0.596. The van der Waals surface area contributed by atoms with Crippen LogP contribution in [0.25, 0.3) is 0 Å². The smallest absolute Gasteiger partial charge is 0.247 e. The summed E-state index contributed by atoms with van der Waals surface area (Å²) in [4.78, 5) is 11.2. The molecule has 1 amide bonds. The largest absolute Gasteiger partial charge is 0.494 e. The molecule has 1 rings (SSSR count). The van der Waals surface area contributed by atoms with E-state index < -0.39 is 0 Å². The Bertz CT molecular complexity index is 416. The van der Waals surface area contributed by atoms with Crippen LogP contribution in [-0.4, -0.2) is 20.1 Å². The van der Waals surface area contributed by atoms with Crippen molar-refractivity contribution in [2.75, 3.05) is 25.3 Å². The summed E-state index contributed by atoms with van der Waals surface area (Å²) in [6.45, 7) is 3.36. The topological polar surface area (TPSA) is 73.6 Å². The van der Waals surface area contributed by atoms with Gasteiger partial charge in [0.25, 0.3) is 0 Å². The van der Waals surface area contributed by atoms with E-state index in [9.17, 15) is 4.79 Å². The number of nitrogens with one attached hydrogen (secondary N) is 1. The number of amides is 1. The van der Waals surface area contributed by atoms with Crippen LogP contribution in [0.2, 0.25) is 0 Å². The van der Waals surface area contributed by atoms with Gasteiger partial charge in [-0.15, -0.1) is 0 Å². The average Bonchev–Trinajstić information content (AvgIpc) is 2.29. The summed E-state index contributed by atoms with van der Waals surface area (Å²) < 4.78 is 10.1. The summed E-state index contributed by atoms with van der Waals surface area (Å²) in [5.74, 6) is 0.637. The van der Waals surface area contributed by atoms with Crippen molar-refractivity contribution in [3.63, 3.8) is 0 Å². The van der Waals surface area contributed by atoms with Crippen LogP contribution in [0.5, 0.6) is 11.5 Å². The van der Waals surface area contributed by atoms with Crippen molar-refractivity contribution in [1.29, 1.82) is 0 Å². The fourth-order valence-electron chi connectivity index (χ4n) is 1.21. The lowest BCUT2D eigenvalue weighted by Gasteiger charge is -2.12. The molecule has 0 atom stereocenters. The van der Waals surface area contributed by atoms with E-state index in [1.54, 1.807) is 12.1 Å². The van der Waals surface area contributed by atoms with Crippen molar-refractivity contribution in [2.45, 2.75) is 0 Å². The van der Waals surface area contributed by atoms with Gasteiger partial charge in [0.05, 0.1) is 25.6 Å². The highest BCUT2D eigenvalue weighted by Crippen LogP contribution is 2.34. The van der Waals surface area contributed by atoms with Crippen LogP contribution < -0.4 is 20.5 Å². The van der Waals surface area contributed by atoms with Gasteiger partial charge in [-0.05, 0) is 12.1 Å². The summed E-state index contributed by atoms with van der Waals surface area (Å²) in [6, 6.07) is 3.17. The van der Waals surface area contributed by atoms with Crippen LogP contribution >= 0.6 is 0 Å². The number of ether oxygens (including phenoxy) is 2. The highest BCUT2D eigenvalue weighted by Gasteiger charge is 2.10. The fourth-order valence-corrected chi connectivity index (χ4v) is 1.21. The fraction of sp³-hybridized carbons (Fsp3) is 0.182. The Kier molecular flexibility index (Phi) is 3.77. The molecule has 0 saturated heterocycles. The minimum Gasteiger partial charge on any atom is -0.494 e. The van der Waals surface area contributed by atoms with Crippen molar-refractivity contribution in [3.05, 3.63) is 24.8 Å². The zero-order valence-electron chi connectivity index (χ0n) is 9.24. The molecule has 5 nitrogen and oxygen atoms in total. The monoisotopic (exact) mass is 222 g/mol. The Morgan fingerprint density at radius 1 is 1.38 bits per heavy atom. The SMILES string of the molecule is C=CC(=O)Nc1cc(N)c(OC)cc1OC. The molecule has 0 aromatic heterocycles. The Hall–Kier alpha value is -2.17. The molecule has 0 radical (unpaired) electrons. The number of benzene rings is 1. The second kappa shape index (κ2) is 5.06. The molecule has 0 spiro atoms. The second-order valence-electron chi connectivity index (χ2n) is 2.99. The molecule has 3 N–H and O–H groups in total. The molecule has 86 valence electrons. The third-order valence-corrected chi connectivity index (χ3v) is 2.00. The van der Waals surface area contributed by atoms with Crippen LogP contribution in [-0.2, 0) is 4.79 Å². The lowest BCUT2D eigenvalue weighted by Crippen LogP contribution is -2.09. The van der Waals surface area contributed by atoms with Gasteiger partial charge in [0.15, 0.2) is 0 Å². The number of rotatable bonds is 4. The molecule has 0 unspecified atom stereocenters. The van der Waals surface area contributed by atoms with Crippen molar-refractivity contribution < 1.29 is 14.3 Å². The Morgan fingerprint density at radius 2 is 2.00 bits per heavy atom. The lowest BCUT2D eigenvalue weighted by molar-refractivity contribution is -0.111. The Labute approximate surface area is 93.8 Å². The Balaban J connectivity index is 3.12. The van der Waals surface area contributed by atoms with Gasteiger partial charge in [-0.3, -0.25) is 4.79 Å². The first-order valence-electron chi connectivity index (χ1n) is 4.57. The normalized spacial score (nSPS) is 9.38. The second-order valence-corrected chi connectivity index (χ2v) is 2.99. The highest BCUT2D eigenvalue weighted by molar-refractivity contribution is 6.00. The number of nitrogen functional groups attached to an aromatic ring is 1. The van der Waals surface area contributed by atoms with Gasteiger partial charge in [-0.1, -0.05) is 6.58 Å². The standard InChI is InChI=1S/C11H14N2O3/c1-4-11(14)13-8-5-7(12)9(15-2)6-10(8)16-3/h4-6H,1,12H2,2-3H3,(H,13,14). The molecule has 0 aliphatic heterocycles. The van der Waals surface area contributed by atoms with E-state index in [1.165, 1.54) is 20.3 Å². The number of anilines is 2. The molecule has 0 heterocycles. The predicted octanol–water partition coefficient (Wildman–Crippen LogP) is 1.41. The van der Waals surface area contributed by atoms with Gasteiger partial charge in [-0.25, -0.2) is 0 Å². The molecular formula is C11H14N2O3. The van der Waals surface area contributed by atoms with Gasteiger partial charge in [-0.2, -0.15) is 0 Å². The maximum atomic E-state index is 11.2. The molecule has 1 aromatic carbocycles. The van der Waals surface area contributed by atoms with E-state index in [4.69, 9.17) is 15.2 Å². The first kappa shape index (κ1) is 11.9. The van der Waals surface area contributed by atoms with Crippen molar-refractivity contribution >= 4 is 17.3 Å². The average molecular weight is 222 g/mol. The van der Waals surface area contributed by atoms with E-state index in [-0.39, 0.29) is 5.91 Å². The summed E-state index contributed by atoms with van der Waals surface area (Å²) in [5.41, 5.74) is 6.61. The molecular weight excluding hydrogens is 208 g/mol. The van der Waals surface area contributed by atoms with Gasteiger partial charge >= 0.3 is 0 Å². The molecule has 0 saturated carbocycles. The van der Waals surface area contributed by atoms with Crippen molar-refractivity contribution in [2.24, 2.45) is 0 Å². The predicted molar refractivity (Wildman–Crippen MR) is 62.8 cm³/mol. The Morgan fingerprint density at radius 3 is 2.50 bits per heavy atom. The number of nitrogens with two attached hydrogens (primary N) is 1. The van der Waals surface area contributed by atoms with E-state index >= 15 is 0 Å². The first-order chi connectivity index (χ1) is 7.62. The number of hydrogen-bond donors (Lipinski definition) is 2. The summed E-state index contributed by atoms with van der Waals surface area (Å²) >= 11 is 0. The van der Waals surface area contributed by atoms with Gasteiger partial charge in [0.2, 0.25) is 5.91 Å².